The van der Waals surface area contributed by atoms with Gasteiger partial charge in [-0.25, -0.2) is 9.18 Å². The lowest BCUT2D eigenvalue weighted by Crippen LogP contribution is -2.30. The van der Waals surface area contributed by atoms with E-state index in [2.05, 4.69) is 10.1 Å². The average molecular weight is 433 g/mol. The van der Waals surface area contributed by atoms with Crippen molar-refractivity contribution in [3.8, 4) is 22.9 Å². The highest BCUT2D eigenvalue weighted by molar-refractivity contribution is 5.51. The Morgan fingerprint density at radius 3 is 2.50 bits per heavy atom. The first-order chi connectivity index (χ1) is 15.3. The summed E-state index contributed by atoms with van der Waals surface area (Å²) in [7, 11) is 0. The van der Waals surface area contributed by atoms with Gasteiger partial charge in [-0.05, 0) is 73.0 Å². The standard InChI is InChI=1S/C24H20FN3O4/c1-14-10-22(15(2)9-20(14)28-24(31)27-23(30)13-26-28)32-19-7-8-21(29)17(12-19)11-16-3-5-18(25)6-4-16/h3-10,12-13,29H,11H2,1-2H3,(H,27,30,31). The molecule has 0 radical (unpaired) electrons. The zero-order valence-electron chi connectivity index (χ0n) is 17.4. The third-order valence-electron chi connectivity index (χ3n) is 5.02. The molecule has 8 heteroatoms. The van der Waals surface area contributed by atoms with Crippen molar-refractivity contribution < 1.29 is 14.2 Å². The lowest BCUT2D eigenvalue weighted by molar-refractivity contribution is 0.457. The van der Waals surface area contributed by atoms with E-state index in [0.717, 1.165) is 27.6 Å². The van der Waals surface area contributed by atoms with Crippen molar-refractivity contribution >= 4 is 0 Å². The average Bonchev–Trinajstić information content (AvgIpc) is 2.75. The molecule has 3 aromatic carbocycles. The van der Waals surface area contributed by atoms with Crippen LogP contribution >= 0.6 is 0 Å². The lowest BCUT2D eigenvalue weighted by Gasteiger charge is -2.14. The molecule has 0 bridgehead atoms. The highest BCUT2D eigenvalue weighted by atomic mass is 19.1. The molecule has 0 atom stereocenters. The van der Waals surface area contributed by atoms with Gasteiger partial charge in [0.05, 0.1) is 5.69 Å². The van der Waals surface area contributed by atoms with E-state index in [4.69, 9.17) is 4.74 Å². The number of phenols is 1. The Bertz CT molecular complexity index is 1410. The van der Waals surface area contributed by atoms with Gasteiger partial charge in [0.2, 0.25) is 0 Å². The number of hydrogen-bond donors (Lipinski definition) is 2. The van der Waals surface area contributed by atoms with Crippen molar-refractivity contribution in [3.63, 3.8) is 0 Å². The number of rotatable bonds is 5. The first-order valence-corrected chi connectivity index (χ1v) is 9.84. The molecule has 7 nitrogen and oxygen atoms in total. The number of aryl methyl sites for hydroxylation is 2. The van der Waals surface area contributed by atoms with Crippen LogP contribution in [0, 0.1) is 19.7 Å². The molecule has 1 heterocycles. The normalized spacial score (nSPS) is 10.8. The summed E-state index contributed by atoms with van der Waals surface area (Å²) < 4.78 is 20.3. The molecule has 0 unspecified atom stereocenters. The van der Waals surface area contributed by atoms with Crippen LogP contribution in [0.2, 0.25) is 0 Å². The van der Waals surface area contributed by atoms with E-state index in [-0.39, 0.29) is 11.6 Å². The minimum absolute atomic E-state index is 0.119. The fourth-order valence-corrected chi connectivity index (χ4v) is 3.35. The number of ether oxygens (including phenoxy) is 1. The molecular formula is C24H20FN3O4. The number of aromatic amines is 1. The third-order valence-corrected chi connectivity index (χ3v) is 5.02. The number of aromatic nitrogens is 3. The number of H-pyrrole nitrogens is 1. The highest BCUT2D eigenvalue weighted by Gasteiger charge is 2.12. The highest BCUT2D eigenvalue weighted by Crippen LogP contribution is 2.32. The Kier molecular flexibility index (Phi) is 5.59. The minimum Gasteiger partial charge on any atom is -0.508 e. The van der Waals surface area contributed by atoms with Crippen LogP contribution in [0.15, 0.2) is 70.4 Å². The van der Waals surface area contributed by atoms with Crippen LogP contribution in [0.1, 0.15) is 22.3 Å². The van der Waals surface area contributed by atoms with E-state index >= 15 is 0 Å². The maximum atomic E-state index is 13.2. The molecular weight excluding hydrogens is 413 g/mol. The molecule has 32 heavy (non-hydrogen) atoms. The summed E-state index contributed by atoms with van der Waals surface area (Å²) in [4.78, 5) is 25.6. The number of nitrogens with zero attached hydrogens (tertiary/aromatic N) is 2. The molecule has 0 aliphatic rings. The quantitative estimate of drug-likeness (QED) is 0.499. The zero-order valence-corrected chi connectivity index (χ0v) is 17.4. The molecule has 162 valence electrons. The Hall–Kier alpha value is -4.20. The van der Waals surface area contributed by atoms with Crippen LogP contribution in [-0.2, 0) is 6.42 Å². The fraction of sp³-hybridized carbons (Fsp3) is 0.125. The minimum atomic E-state index is -0.627. The maximum absolute atomic E-state index is 13.2. The van der Waals surface area contributed by atoms with E-state index in [1.807, 2.05) is 6.92 Å². The number of phenolic OH excluding ortho intramolecular Hbond substituents is 1. The number of aromatic hydroxyl groups is 1. The van der Waals surface area contributed by atoms with Gasteiger partial charge in [-0.2, -0.15) is 9.78 Å². The van der Waals surface area contributed by atoms with Gasteiger partial charge in [0, 0.05) is 12.0 Å². The maximum Gasteiger partial charge on any atom is 0.349 e. The number of halogens is 1. The van der Waals surface area contributed by atoms with Crippen LogP contribution in [0.3, 0.4) is 0 Å². The van der Waals surface area contributed by atoms with Gasteiger partial charge < -0.3 is 9.84 Å². The van der Waals surface area contributed by atoms with Gasteiger partial charge >= 0.3 is 5.69 Å². The molecule has 0 aliphatic heterocycles. The van der Waals surface area contributed by atoms with Gasteiger partial charge in [-0.3, -0.25) is 9.78 Å². The molecule has 2 N–H and O–H groups in total. The van der Waals surface area contributed by atoms with Crippen molar-refractivity contribution in [1.29, 1.82) is 0 Å². The molecule has 0 saturated carbocycles. The SMILES string of the molecule is Cc1cc(-n2ncc(=O)[nH]c2=O)c(C)cc1Oc1ccc(O)c(Cc2ccc(F)cc2)c1. The summed E-state index contributed by atoms with van der Waals surface area (Å²) in [6, 6.07) is 14.5. The van der Waals surface area contributed by atoms with E-state index in [1.165, 1.54) is 12.1 Å². The van der Waals surface area contributed by atoms with Gasteiger partial charge in [0.25, 0.3) is 5.56 Å². The second-order valence-corrected chi connectivity index (χ2v) is 7.45. The van der Waals surface area contributed by atoms with Crippen molar-refractivity contribution in [2.24, 2.45) is 0 Å². The molecule has 0 saturated heterocycles. The van der Waals surface area contributed by atoms with E-state index in [1.54, 1.807) is 49.4 Å². The monoisotopic (exact) mass is 433 g/mol. The van der Waals surface area contributed by atoms with Gasteiger partial charge in [0.15, 0.2) is 0 Å². The lowest BCUT2D eigenvalue weighted by atomic mass is 10.0. The Morgan fingerprint density at radius 1 is 1.03 bits per heavy atom. The second kappa shape index (κ2) is 8.50. The Balaban J connectivity index is 1.63. The van der Waals surface area contributed by atoms with Gasteiger partial charge in [-0.15, -0.1) is 0 Å². The van der Waals surface area contributed by atoms with Crippen LogP contribution in [0.25, 0.3) is 5.69 Å². The number of hydrogen-bond acceptors (Lipinski definition) is 5. The molecule has 1 aromatic heterocycles. The summed E-state index contributed by atoms with van der Waals surface area (Å²) >= 11 is 0. The molecule has 0 spiro atoms. The molecule has 4 aromatic rings. The van der Waals surface area contributed by atoms with Crippen LogP contribution in [0.4, 0.5) is 4.39 Å². The summed E-state index contributed by atoms with van der Waals surface area (Å²) in [5.74, 6) is 0.897. The van der Waals surface area contributed by atoms with Crippen molar-refractivity contribution in [1.82, 2.24) is 14.8 Å². The third kappa shape index (κ3) is 4.44. The predicted molar refractivity (Wildman–Crippen MR) is 117 cm³/mol. The van der Waals surface area contributed by atoms with E-state index < -0.39 is 11.2 Å². The molecule has 0 amide bonds. The summed E-state index contributed by atoms with van der Waals surface area (Å²) in [6.07, 6.45) is 1.46. The first-order valence-electron chi connectivity index (χ1n) is 9.84. The largest absolute Gasteiger partial charge is 0.508 e. The van der Waals surface area contributed by atoms with Crippen LogP contribution in [-0.4, -0.2) is 19.9 Å². The molecule has 0 aliphatic carbocycles. The molecule has 4 rings (SSSR count). The summed E-state index contributed by atoms with van der Waals surface area (Å²) in [5, 5.41) is 14.1. The van der Waals surface area contributed by atoms with Crippen molar-refractivity contribution in [2.75, 3.05) is 0 Å². The van der Waals surface area contributed by atoms with Crippen LogP contribution in [0.5, 0.6) is 17.2 Å². The van der Waals surface area contributed by atoms with E-state index in [0.29, 0.717) is 29.2 Å². The summed E-state index contributed by atoms with van der Waals surface area (Å²) in [6.45, 7) is 3.63. The fourth-order valence-electron chi connectivity index (χ4n) is 3.35. The van der Waals surface area contributed by atoms with Crippen molar-refractivity contribution in [3.05, 3.63) is 110 Å². The number of benzene rings is 3. The Labute approximate surface area is 182 Å². The Morgan fingerprint density at radius 2 is 1.78 bits per heavy atom. The smallest absolute Gasteiger partial charge is 0.349 e. The summed E-state index contributed by atoms with van der Waals surface area (Å²) in [5.41, 5.74) is 2.30. The zero-order chi connectivity index (χ0) is 22.8. The predicted octanol–water partition coefficient (Wildman–Crippen LogP) is 3.77. The topological polar surface area (TPSA) is 97.2 Å². The molecule has 0 fully saturated rings. The van der Waals surface area contributed by atoms with Crippen molar-refractivity contribution in [2.45, 2.75) is 20.3 Å². The number of nitrogens with one attached hydrogen (secondary N) is 1. The van der Waals surface area contributed by atoms with Gasteiger partial charge in [-0.1, -0.05) is 12.1 Å². The second-order valence-electron chi connectivity index (χ2n) is 7.45. The van der Waals surface area contributed by atoms with Gasteiger partial charge in [0.1, 0.15) is 29.3 Å². The van der Waals surface area contributed by atoms with Crippen LogP contribution < -0.4 is 16.0 Å². The first kappa shape index (κ1) is 21.0. The van der Waals surface area contributed by atoms with E-state index in [9.17, 15) is 19.1 Å².